The SMILES string of the molecule is CNc1cc2ccc(-c3ccc(OC)c(OC)c3)c(NC)c2cc1OC. The van der Waals surface area contributed by atoms with E-state index in [1.165, 1.54) is 0 Å². The van der Waals surface area contributed by atoms with Crippen LogP contribution in [0.2, 0.25) is 0 Å². The Kier molecular flexibility index (Phi) is 5.07. The summed E-state index contributed by atoms with van der Waals surface area (Å²) in [4.78, 5) is 0. The third-order valence-electron chi connectivity index (χ3n) is 4.55. The Morgan fingerprint density at radius 1 is 0.692 bits per heavy atom. The third-order valence-corrected chi connectivity index (χ3v) is 4.55. The number of fused-ring (bicyclic) bond motifs is 1. The van der Waals surface area contributed by atoms with Crippen LogP contribution in [0.5, 0.6) is 17.2 Å². The predicted octanol–water partition coefficient (Wildman–Crippen LogP) is 4.62. The minimum Gasteiger partial charge on any atom is -0.495 e. The number of nitrogens with one attached hydrogen (secondary N) is 2. The van der Waals surface area contributed by atoms with Gasteiger partial charge in [-0.05, 0) is 35.2 Å². The first-order chi connectivity index (χ1) is 12.7. The molecule has 0 bridgehead atoms. The van der Waals surface area contributed by atoms with Crippen LogP contribution in [0.4, 0.5) is 11.4 Å². The lowest BCUT2D eigenvalue weighted by Crippen LogP contribution is -1.98. The van der Waals surface area contributed by atoms with Crippen LogP contribution in [0, 0.1) is 0 Å². The van der Waals surface area contributed by atoms with Gasteiger partial charge in [0, 0.05) is 30.7 Å². The van der Waals surface area contributed by atoms with Gasteiger partial charge in [-0.15, -0.1) is 0 Å². The molecule has 0 amide bonds. The first kappa shape index (κ1) is 17.7. The molecule has 2 N–H and O–H groups in total. The molecular formula is C21H24N2O3. The first-order valence-electron chi connectivity index (χ1n) is 8.39. The van der Waals surface area contributed by atoms with E-state index in [0.29, 0.717) is 11.5 Å². The van der Waals surface area contributed by atoms with E-state index < -0.39 is 0 Å². The van der Waals surface area contributed by atoms with Gasteiger partial charge in [-0.2, -0.15) is 0 Å². The Morgan fingerprint density at radius 2 is 1.42 bits per heavy atom. The summed E-state index contributed by atoms with van der Waals surface area (Å²) in [7, 11) is 8.78. The average Bonchev–Trinajstić information content (AvgIpc) is 2.70. The van der Waals surface area contributed by atoms with Gasteiger partial charge in [-0.1, -0.05) is 18.2 Å². The van der Waals surface area contributed by atoms with Gasteiger partial charge in [0.15, 0.2) is 11.5 Å². The maximum absolute atomic E-state index is 5.53. The maximum Gasteiger partial charge on any atom is 0.161 e. The van der Waals surface area contributed by atoms with Crippen LogP contribution in [0.15, 0.2) is 42.5 Å². The van der Waals surface area contributed by atoms with Crippen LogP contribution in [0.3, 0.4) is 0 Å². The lowest BCUT2D eigenvalue weighted by atomic mass is 9.97. The number of ether oxygens (including phenoxy) is 3. The highest BCUT2D eigenvalue weighted by Gasteiger charge is 2.14. The van der Waals surface area contributed by atoms with E-state index in [9.17, 15) is 0 Å². The van der Waals surface area contributed by atoms with Crippen LogP contribution < -0.4 is 24.8 Å². The highest BCUT2D eigenvalue weighted by Crippen LogP contribution is 2.41. The maximum atomic E-state index is 5.53. The lowest BCUT2D eigenvalue weighted by Gasteiger charge is -2.17. The van der Waals surface area contributed by atoms with Gasteiger partial charge < -0.3 is 24.8 Å². The molecule has 5 nitrogen and oxygen atoms in total. The van der Waals surface area contributed by atoms with Crippen molar-refractivity contribution in [2.75, 3.05) is 46.1 Å². The topological polar surface area (TPSA) is 51.8 Å². The minimum atomic E-state index is 0.704. The van der Waals surface area contributed by atoms with Crippen LogP contribution in [0.1, 0.15) is 0 Å². The molecule has 136 valence electrons. The van der Waals surface area contributed by atoms with Crippen LogP contribution in [-0.2, 0) is 0 Å². The van der Waals surface area contributed by atoms with Gasteiger partial charge in [0.2, 0.25) is 0 Å². The summed E-state index contributed by atoms with van der Waals surface area (Å²) in [5.41, 5.74) is 4.13. The summed E-state index contributed by atoms with van der Waals surface area (Å²) < 4.78 is 16.3. The molecule has 0 aromatic heterocycles. The molecule has 3 rings (SSSR count). The Labute approximate surface area is 153 Å². The summed E-state index contributed by atoms with van der Waals surface area (Å²) in [6.45, 7) is 0. The van der Waals surface area contributed by atoms with Crippen molar-refractivity contribution >= 4 is 22.1 Å². The van der Waals surface area contributed by atoms with Crippen molar-refractivity contribution in [3.8, 4) is 28.4 Å². The number of hydrogen-bond acceptors (Lipinski definition) is 5. The molecule has 5 heteroatoms. The van der Waals surface area contributed by atoms with E-state index in [1.807, 2.05) is 32.3 Å². The van der Waals surface area contributed by atoms with E-state index >= 15 is 0 Å². The van der Waals surface area contributed by atoms with Gasteiger partial charge in [0.1, 0.15) is 5.75 Å². The van der Waals surface area contributed by atoms with Crippen LogP contribution in [0.25, 0.3) is 21.9 Å². The van der Waals surface area contributed by atoms with Crippen molar-refractivity contribution in [1.29, 1.82) is 0 Å². The van der Waals surface area contributed by atoms with Crippen molar-refractivity contribution < 1.29 is 14.2 Å². The van der Waals surface area contributed by atoms with Gasteiger partial charge in [-0.25, -0.2) is 0 Å². The monoisotopic (exact) mass is 352 g/mol. The summed E-state index contributed by atoms with van der Waals surface area (Å²) in [5.74, 6) is 2.22. The molecule has 0 unspecified atom stereocenters. The van der Waals surface area contributed by atoms with E-state index in [1.54, 1.807) is 21.3 Å². The van der Waals surface area contributed by atoms with Crippen LogP contribution in [-0.4, -0.2) is 35.4 Å². The fourth-order valence-electron chi connectivity index (χ4n) is 3.23. The normalized spacial score (nSPS) is 10.5. The number of hydrogen-bond donors (Lipinski definition) is 2. The number of benzene rings is 3. The second-order valence-corrected chi connectivity index (χ2v) is 5.83. The van der Waals surface area contributed by atoms with E-state index in [-0.39, 0.29) is 0 Å². The van der Waals surface area contributed by atoms with E-state index in [2.05, 4.69) is 34.9 Å². The smallest absolute Gasteiger partial charge is 0.161 e. The lowest BCUT2D eigenvalue weighted by molar-refractivity contribution is 0.355. The number of methoxy groups -OCH3 is 3. The largest absolute Gasteiger partial charge is 0.495 e. The Bertz CT molecular complexity index is 938. The van der Waals surface area contributed by atoms with Gasteiger partial charge in [0.05, 0.1) is 27.0 Å². The Morgan fingerprint density at radius 3 is 2.04 bits per heavy atom. The molecule has 3 aromatic rings. The molecule has 0 saturated heterocycles. The molecule has 0 aliphatic rings. The predicted molar refractivity (Wildman–Crippen MR) is 108 cm³/mol. The molecular weight excluding hydrogens is 328 g/mol. The Balaban J connectivity index is 2.24. The van der Waals surface area contributed by atoms with E-state index in [4.69, 9.17) is 14.2 Å². The summed E-state index contributed by atoms with van der Waals surface area (Å²) in [6, 6.07) is 14.3. The number of rotatable bonds is 6. The molecule has 0 spiro atoms. The van der Waals surface area contributed by atoms with Gasteiger partial charge >= 0.3 is 0 Å². The third kappa shape index (κ3) is 2.96. The van der Waals surface area contributed by atoms with Gasteiger partial charge in [0.25, 0.3) is 0 Å². The number of anilines is 2. The second-order valence-electron chi connectivity index (χ2n) is 5.83. The van der Waals surface area contributed by atoms with Gasteiger partial charge in [-0.3, -0.25) is 0 Å². The molecule has 3 aromatic carbocycles. The van der Waals surface area contributed by atoms with Crippen molar-refractivity contribution in [2.45, 2.75) is 0 Å². The van der Waals surface area contributed by atoms with Crippen molar-refractivity contribution in [1.82, 2.24) is 0 Å². The molecule has 0 saturated carbocycles. The average molecular weight is 352 g/mol. The molecule has 0 fully saturated rings. The fourth-order valence-corrected chi connectivity index (χ4v) is 3.23. The summed E-state index contributed by atoms with van der Waals surface area (Å²) >= 11 is 0. The standard InChI is InChI=1S/C21H24N2O3/c1-22-17-10-13-6-8-15(21(23-2)16(13)12-19(17)25-4)14-7-9-18(24-3)20(11-14)26-5/h6-12,22-23H,1-5H3. The first-order valence-corrected chi connectivity index (χ1v) is 8.39. The zero-order valence-electron chi connectivity index (χ0n) is 15.8. The highest BCUT2D eigenvalue weighted by atomic mass is 16.5. The van der Waals surface area contributed by atoms with Crippen molar-refractivity contribution in [3.05, 3.63) is 42.5 Å². The molecule has 0 atom stereocenters. The Hall–Kier alpha value is -3.08. The molecule has 0 radical (unpaired) electrons. The summed E-state index contributed by atoms with van der Waals surface area (Å²) in [6.07, 6.45) is 0. The molecule has 0 aliphatic carbocycles. The van der Waals surface area contributed by atoms with Crippen LogP contribution >= 0.6 is 0 Å². The minimum absolute atomic E-state index is 0.704. The second kappa shape index (κ2) is 7.44. The molecule has 0 aliphatic heterocycles. The zero-order chi connectivity index (χ0) is 18.7. The molecule has 26 heavy (non-hydrogen) atoms. The van der Waals surface area contributed by atoms with Crippen molar-refractivity contribution in [3.63, 3.8) is 0 Å². The fraction of sp³-hybridized carbons (Fsp3) is 0.238. The summed E-state index contributed by atoms with van der Waals surface area (Å²) in [5, 5.41) is 8.74. The van der Waals surface area contributed by atoms with Crippen molar-refractivity contribution in [2.24, 2.45) is 0 Å². The zero-order valence-corrected chi connectivity index (χ0v) is 15.8. The quantitative estimate of drug-likeness (QED) is 0.678. The highest BCUT2D eigenvalue weighted by molar-refractivity contribution is 6.04. The van der Waals surface area contributed by atoms with E-state index in [0.717, 1.165) is 39.0 Å². The molecule has 0 heterocycles.